The lowest BCUT2D eigenvalue weighted by Gasteiger charge is -2.21. The number of carbonyl (C=O) groups excluding carboxylic acids is 1. The van der Waals surface area contributed by atoms with Crippen molar-refractivity contribution in [1.29, 1.82) is 0 Å². The molecule has 1 rings (SSSR count). The Bertz CT molecular complexity index is 166. The SMILES string of the molecule is Cl.N[C@H]1CCCCN(CCO)C1=O. The first-order valence-electron chi connectivity index (χ1n) is 4.41. The molecule has 1 saturated heterocycles. The maximum absolute atomic E-state index is 11.4. The van der Waals surface area contributed by atoms with E-state index in [9.17, 15) is 4.79 Å². The second-order valence-electron chi connectivity index (χ2n) is 3.15. The molecule has 13 heavy (non-hydrogen) atoms. The zero-order chi connectivity index (χ0) is 8.97. The van der Waals surface area contributed by atoms with Crippen LogP contribution in [0.25, 0.3) is 0 Å². The van der Waals surface area contributed by atoms with Crippen LogP contribution in [0.15, 0.2) is 0 Å². The van der Waals surface area contributed by atoms with Crippen LogP contribution in [0, 0.1) is 0 Å². The molecule has 0 aromatic rings. The summed E-state index contributed by atoms with van der Waals surface area (Å²) in [6.07, 6.45) is 2.79. The number of hydrogen-bond acceptors (Lipinski definition) is 3. The maximum atomic E-state index is 11.4. The van der Waals surface area contributed by atoms with E-state index in [0.29, 0.717) is 6.54 Å². The van der Waals surface area contributed by atoms with Gasteiger partial charge in [0.2, 0.25) is 5.91 Å². The highest BCUT2D eigenvalue weighted by Crippen LogP contribution is 2.09. The lowest BCUT2D eigenvalue weighted by molar-refractivity contribution is -0.132. The van der Waals surface area contributed by atoms with Gasteiger partial charge < -0.3 is 15.7 Å². The number of hydrogen-bond donors (Lipinski definition) is 2. The molecule has 78 valence electrons. The van der Waals surface area contributed by atoms with Crippen LogP contribution in [0.2, 0.25) is 0 Å². The highest BCUT2D eigenvalue weighted by molar-refractivity contribution is 5.85. The molecule has 1 fully saturated rings. The smallest absolute Gasteiger partial charge is 0.239 e. The number of aliphatic hydroxyl groups is 1. The molecular weight excluding hydrogens is 192 g/mol. The molecule has 0 saturated carbocycles. The van der Waals surface area contributed by atoms with Crippen molar-refractivity contribution >= 4 is 18.3 Å². The third-order valence-corrected chi connectivity index (χ3v) is 2.19. The molecule has 0 unspecified atom stereocenters. The van der Waals surface area contributed by atoms with E-state index in [-0.39, 0.29) is 31.0 Å². The normalized spacial score (nSPS) is 23.7. The van der Waals surface area contributed by atoms with Crippen LogP contribution in [0.3, 0.4) is 0 Å². The molecule has 1 atom stereocenters. The number of amides is 1. The van der Waals surface area contributed by atoms with E-state index < -0.39 is 0 Å². The number of rotatable bonds is 2. The fourth-order valence-corrected chi connectivity index (χ4v) is 1.48. The van der Waals surface area contributed by atoms with Gasteiger partial charge in [0.1, 0.15) is 0 Å². The minimum absolute atomic E-state index is 0. The number of likely N-dealkylation sites (tertiary alicyclic amines) is 1. The van der Waals surface area contributed by atoms with Crippen molar-refractivity contribution in [1.82, 2.24) is 4.90 Å². The summed E-state index contributed by atoms with van der Waals surface area (Å²) >= 11 is 0. The van der Waals surface area contributed by atoms with Crippen molar-refractivity contribution in [3.8, 4) is 0 Å². The van der Waals surface area contributed by atoms with Crippen LogP contribution in [0.1, 0.15) is 19.3 Å². The van der Waals surface area contributed by atoms with Gasteiger partial charge in [0.05, 0.1) is 12.6 Å². The van der Waals surface area contributed by atoms with Crippen molar-refractivity contribution in [2.45, 2.75) is 25.3 Å². The topological polar surface area (TPSA) is 66.6 Å². The number of aliphatic hydroxyl groups excluding tert-OH is 1. The molecule has 0 spiro atoms. The van der Waals surface area contributed by atoms with Crippen LogP contribution >= 0.6 is 12.4 Å². The maximum Gasteiger partial charge on any atom is 0.239 e. The van der Waals surface area contributed by atoms with Crippen LogP contribution in [0.4, 0.5) is 0 Å². The Kier molecular flexibility index (Phi) is 6.03. The third kappa shape index (κ3) is 3.50. The average Bonchev–Trinajstić information content (AvgIpc) is 2.20. The summed E-state index contributed by atoms with van der Waals surface area (Å²) in [5, 5.41) is 8.68. The minimum atomic E-state index is -0.348. The Morgan fingerprint density at radius 3 is 2.85 bits per heavy atom. The fraction of sp³-hybridized carbons (Fsp3) is 0.875. The largest absolute Gasteiger partial charge is 0.395 e. The van der Waals surface area contributed by atoms with Crippen LogP contribution < -0.4 is 5.73 Å². The first kappa shape index (κ1) is 12.7. The van der Waals surface area contributed by atoms with E-state index in [0.717, 1.165) is 25.8 Å². The molecule has 0 aliphatic carbocycles. The summed E-state index contributed by atoms with van der Waals surface area (Å²) in [4.78, 5) is 13.1. The summed E-state index contributed by atoms with van der Waals surface area (Å²) in [5.74, 6) is -0.0125. The number of halogens is 1. The summed E-state index contributed by atoms with van der Waals surface area (Å²) in [6.45, 7) is 1.19. The van der Waals surface area contributed by atoms with Gasteiger partial charge in [0.15, 0.2) is 0 Å². The quantitative estimate of drug-likeness (QED) is 0.657. The summed E-state index contributed by atoms with van der Waals surface area (Å²) in [6, 6.07) is -0.348. The van der Waals surface area contributed by atoms with E-state index in [1.165, 1.54) is 0 Å². The Labute approximate surface area is 84.5 Å². The molecular formula is C8H17ClN2O2. The molecule has 5 heteroatoms. The Morgan fingerprint density at radius 2 is 2.23 bits per heavy atom. The zero-order valence-corrected chi connectivity index (χ0v) is 8.42. The van der Waals surface area contributed by atoms with Gasteiger partial charge in [-0.1, -0.05) is 0 Å². The summed E-state index contributed by atoms with van der Waals surface area (Å²) in [7, 11) is 0. The van der Waals surface area contributed by atoms with Crippen LogP contribution in [-0.4, -0.2) is 41.7 Å². The molecule has 1 aliphatic rings. The standard InChI is InChI=1S/C8H16N2O2.ClH/c9-7-3-1-2-4-10(5-6-11)8(7)12;/h7,11H,1-6,9H2;1H/t7-;/m0./s1. The molecule has 0 radical (unpaired) electrons. The summed E-state index contributed by atoms with van der Waals surface area (Å²) < 4.78 is 0. The second kappa shape index (κ2) is 6.18. The predicted octanol–water partition coefficient (Wildman–Crippen LogP) is -0.260. The Morgan fingerprint density at radius 1 is 1.54 bits per heavy atom. The Hall–Kier alpha value is -0.320. The van der Waals surface area contributed by atoms with Gasteiger partial charge in [-0.05, 0) is 19.3 Å². The molecule has 1 heterocycles. The number of β-amino-alcohol motifs (C(OH)–C–C–N with tert-alkyl or cyclic N) is 1. The predicted molar refractivity (Wildman–Crippen MR) is 52.7 cm³/mol. The van der Waals surface area contributed by atoms with E-state index in [2.05, 4.69) is 0 Å². The molecule has 0 aromatic heterocycles. The van der Waals surface area contributed by atoms with Crippen LogP contribution in [-0.2, 0) is 4.79 Å². The highest BCUT2D eigenvalue weighted by Gasteiger charge is 2.22. The lowest BCUT2D eigenvalue weighted by Crippen LogP contribution is -2.43. The molecule has 0 aromatic carbocycles. The van der Waals surface area contributed by atoms with Gasteiger partial charge in [-0.3, -0.25) is 4.79 Å². The zero-order valence-electron chi connectivity index (χ0n) is 7.61. The second-order valence-corrected chi connectivity index (χ2v) is 3.15. The van der Waals surface area contributed by atoms with Crippen molar-refractivity contribution in [2.75, 3.05) is 19.7 Å². The lowest BCUT2D eigenvalue weighted by atomic mass is 10.1. The first-order valence-corrected chi connectivity index (χ1v) is 4.41. The molecule has 0 bridgehead atoms. The van der Waals surface area contributed by atoms with Gasteiger partial charge in [0.25, 0.3) is 0 Å². The van der Waals surface area contributed by atoms with Gasteiger partial charge in [-0.15, -0.1) is 12.4 Å². The average molecular weight is 209 g/mol. The van der Waals surface area contributed by atoms with Crippen LogP contribution in [0.5, 0.6) is 0 Å². The molecule has 4 nitrogen and oxygen atoms in total. The summed E-state index contributed by atoms with van der Waals surface area (Å²) in [5.41, 5.74) is 5.63. The number of nitrogens with two attached hydrogens (primary N) is 1. The Balaban J connectivity index is 0.00000144. The van der Waals surface area contributed by atoms with Gasteiger partial charge in [0, 0.05) is 13.1 Å². The highest BCUT2D eigenvalue weighted by atomic mass is 35.5. The van der Waals surface area contributed by atoms with E-state index >= 15 is 0 Å². The minimum Gasteiger partial charge on any atom is -0.395 e. The molecule has 1 amide bonds. The third-order valence-electron chi connectivity index (χ3n) is 2.19. The molecule has 1 aliphatic heterocycles. The molecule has 3 N–H and O–H groups in total. The van der Waals surface area contributed by atoms with Gasteiger partial charge in [-0.2, -0.15) is 0 Å². The van der Waals surface area contributed by atoms with E-state index in [1.807, 2.05) is 0 Å². The van der Waals surface area contributed by atoms with Crippen molar-refractivity contribution < 1.29 is 9.90 Å². The van der Waals surface area contributed by atoms with Gasteiger partial charge >= 0.3 is 0 Å². The first-order chi connectivity index (χ1) is 5.75. The number of carbonyl (C=O) groups is 1. The van der Waals surface area contributed by atoms with Crippen molar-refractivity contribution in [2.24, 2.45) is 5.73 Å². The van der Waals surface area contributed by atoms with Crippen molar-refractivity contribution in [3.63, 3.8) is 0 Å². The van der Waals surface area contributed by atoms with Crippen molar-refractivity contribution in [3.05, 3.63) is 0 Å². The number of nitrogens with zero attached hydrogens (tertiary/aromatic N) is 1. The van der Waals surface area contributed by atoms with Gasteiger partial charge in [-0.25, -0.2) is 0 Å². The fourth-order valence-electron chi connectivity index (χ4n) is 1.48. The van der Waals surface area contributed by atoms with E-state index in [4.69, 9.17) is 10.8 Å². The van der Waals surface area contributed by atoms with E-state index in [1.54, 1.807) is 4.90 Å². The monoisotopic (exact) mass is 208 g/mol.